The van der Waals surface area contributed by atoms with Crippen molar-refractivity contribution in [3.05, 3.63) is 0 Å². The molecule has 0 aromatic rings. The van der Waals surface area contributed by atoms with Crippen molar-refractivity contribution in [2.45, 2.75) is 47.1 Å². The smallest absolute Gasteiger partial charge is 0.00926 e. The molecular weight excluding hydrogens is 158 g/mol. The fraction of sp³-hybridized carbons (Fsp3) is 1.00. The molecule has 1 saturated heterocycles. The number of likely N-dealkylation sites (tertiary alicyclic amines) is 1. The van der Waals surface area contributed by atoms with Gasteiger partial charge in [0.2, 0.25) is 0 Å². The van der Waals surface area contributed by atoms with Crippen LogP contribution in [0, 0.1) is 17.8 Å². The molecule has 0 spiro atoms. The van der Waals surface area contributed by atoms with Crippen LogP contribution in [-0.4, -0.2) is 24.0 Å². The Morgan fingerprint density at radius 3 is 2.00 bits per heavy atom. The van der Waals surface area contributed by atoms with Gasteiger partial charge < -0.3 is 0 Å². The molecule has 78 valence electrons. The van der Waals surface area contributed by atoms with Crippen LogP contribution < -0.4 is 0 Å². The van der Waals surface area contributed by atoms with Crippen molar-refractivity contribution in [3.8, 4) is 0 Å². The molecule has 1 aliphatic heterocycles. The third-order valence-corrected chi connectivity index (χ3v) is 4.06. The Bertz CT molecular complexity index is 145. The first-order valence-electron chi connectivity index (χ1n) is 5.80. The average Bonchev–Trinajstić information content (AvgIpc) is 2.44. The number of hydrogen-bond donors (Lipinski definition) is 0. The minimum absolute atomic E-state index is 0.775. The fourth-order valence-corrected chi connectivity index (χ4v) is 2.21. The molecular formula is C12H25N. The number of nitrogens with zero attached hydrogens (tertiary/aromatic N) is 1. The summed E-state index contributed by atoms with van der Waals surface area (Å²) in [6.45, 7) is 14.4. The molecule has 0 bridgehead atoms. The second-order valence-corrected chi connectivity index (χ2v) is 5.03. The monoisotopic (exact) mass is 183 g/mol. The number of hydrogen-bond acceptors (Lipinski definition) is 1. The van der Waals surface area contributed by atoms with Gasteiger partial charge in [0.1, 0.15) is 0 Å². The fourth-order valence-electron chi connectivity index (χ4n) is 2.21. The van der Waals surface area contributed by atoms with Crippen LogP contribution in [0.2, 0.25) is 0 Å². The molecule has 0 N–H and O–H groups in total. The van der Waals surface area contributed by atoms with Gasteiger partial charge in [-0.3, -0.25) is 4.90 Å². The van der Waals surface area contributed by atoms with Gasteiger partial charge in [0.15, 0.2) is 0 Å². The second-order valence-electron chi connectivity index (χ2n) is 5.03. The summed E-state index contributed by atoms with van der Waals surface area (Å²) in [5.41, 5.74) is 0. The molecule has 1 fully saturated rings. The van der Waals surface area contributed by atoms with Crippen molar-refractivity contribution < 1.29 is 0 Å². The van der Waals surface area contributed by atoms with Crippen molar-refractivity contribution in [2.75, 3.05) is 13.1 Å². The summed E-state index contributed by atoms with van der Waals surface area (Å²) in [4.78, 5) is 2.67. The maximum Gasteiger partial charge on any atom is 0.00926 e. The Morgan fingerprint density at radius 2 is 1.62 bits per heavy atom. The largest absolute Gasteiger partial charge is 0.300 e. The van der Waals surface area contributed by atoms with E-state index in [0.717, 1.165) is 23.8 Å². The molecule has 0 radical (unpaired) electrons. The lowest BCUT2D eigenvalue weighted by molar-refractivity contribution is 0.187. The van der Waals surface area contributed by atoms with Crippen molar-refractivity contribution in [1.82, 2.24) is 4.90 Å². The summed E-state index contributed by atoms with van der Waals surface area (Å²) in [5, 5.41) is 0. The first kappa shape index (κ1) is 11.0. The first-order valence-corrected chi connectivity index (χ1v) is 5.80. The lowest BCUT2D eigenvalue weighted by atomic mass is 10.00. The molecule has 1 nitrogen and oxygen atoms in total. The zero-order valence-corrected chi connectivity index (χ0v) is 9.88. The van der Waals surface area contributed by atoms with Gasteiger partial charge in [0, 0.05) is 19.1 Å². The molecule has 1 aliphatic rings. The van der Waals surface area contributed by atoms with Crippen molar-refractivity contribution >= 4 is 0 Å². The summed E-state index contributed by atoms with van der Waals surface area (Å²) in [6.07, 6.45) is 1.31. The van der Waals surface area contributed by atoms with Crippen molar-refractivity contribution in [2.24, 2.45) is 17.8 Å². The maximum absolute atomic E-state index is 2.67. The standard InChI is InChI=1S/C12H25N/c1-6-9(2)12(5)13-7-10(3)11(4)8-13/h9-12H,6-8H2,1-5H3. The maximum atomic E-state index is 2.67. The Kier molecular flexibility index (Phi) is 3.78. The van der Waals surface area contributed by atoms with Gasteiger partial charge in [-0.15, -0.1) is 0 Å². The van der Waals surface area contributed by atoms with Crippen LogP contribution in [0.5, 0.6) is 0 Å². The van der Waals surface area contributed by atoms with Crippen LogP contribution in [0.15, 0.2) is 0 Å². The van der Waals surface area contributed by atoms with Gasteiger partial charge >= 0.3 is 0 Å². The van der Waals surface area contributed by atoms with Crippen LogP contribution in [0.1, 0.15) is 41.0 Å². The highest BCUT2D eigenvalue weighted by Gasteiger charge is 2.30. The Hall–Kier alpha value is -0.0400. The zero-order valence-electron chi connectivity index (χ0n) is 9.88. The van der Waals surface area contributed by atoms with Crippen molar-refractivity contribution in [1.29, 1.82) is 0 Å². The molecule has 4 atom stereocenters. The minimum atomic E-state index is 0.775. The Morgan fingerprint density at radius 1 is 1.15 bits per heavy atom. The highest BCUT2D eigenvalue weighted by molar-refractivity contribution is 4.83. The van der Waals surface area contributed by atoms with Crippen molar-refractivity contribution in [3.63, 3.8) is 0 Å². The molecule has 1 heterocycles. The van der Waals surface area contributed by atoms with E-state index in [-0.39, 0.29) is 0 Å². The molecule has 0 aromatic heterocycles. The lowest BCUT2D eigenvalue weighted by Gasteiger charge is -2.29. The highest BCUT2D eigenvalue weighted by Crippen LogP contribution is 2.26. The van der Waals surface area contributed by atoms with Crippen LogP contribution >= 0.6 is 0 Å². The van der Waals surface area contributed by atoms with Gasteiger partial charge in [0.25, 0.3) is 0 Å². The van der Waals surface area contributed by atoms with E-state index in [1.54, 1.807) is 0 Å². The second kappa shape index (κ2) is 4.45. The van der Waals surface area contributed by atoms with E-state index in [0.29, 0.717) is 0 Å². The third kappa shape index (κ3) is 2.46. The van der Waals surface area contributed by atoms with Gasteiger partial charge in [0.05, 0.1) is 0 Å². The summed E-state index contributed by atoms with van der Waals surface area (Å²) < 4.78 is 0. The molecule has 13 heavy (non-hydrogen) atoms. The third-order valence-electron chi connectivity index (χ3n) is 4.06. The Labute approximate surface area is 83.5 Å². The summed E-state index contributed by atoms with van der Waals surface area (Å²) in [6, 6.07) is 0.775. The first-order chi connectivity index (χ1) is 6.06. The summed E-state index contributed by atoms with van der Waals surface area (Å²) >= 11 is 0. The van der Waals surface area contributed by atoms with Gasteiger partial charge in [-0.05, 0) is 24.7 Å². The predicted molar refractivity (Wildman–Crippen MR) is 58.8 cm³/mol. The van der Waals surface area contributed by atoms with Gasteiger partial charge in [-0.25, -0.2) is 0 Å². The Balaban J connectivity index is 2.45. The van der Waals surface area contributed by atoms with Crippen LogP contribution in [0.4, 0.5) is 0 Å². The van der Waals surface area contributed by atoms with E-state index >= 15 is 0 Å². The van der Waals surface area contributed by atoms with E-state index < -0.39 is 0 Å². The molecule has 1 rings (SSSR count). The lowest BCUT2D eigenvalue weighted by Crippen LogP contribution is -2.35. The normalized spacial score (nSPS) is 34.8. The molecule has 4 unspecified atom stereocenters. The summed E-state index contributed by atoms with van der Waals surface area (Å²) in [5.74, 6) is 2.63. The molecule has 0 amide bonds. The van der Waals surface area contributed by atoms with Crippen LogP contribution in [-0.2, 0) is 0 Å². The topological polar surface area (TPSA) is 3.24 Å². The van der Waals surface area contributed by atoms with E-state index in [1.807, 2.05) is 0 Å². The van der Waals surface area contributed by atoms with Crippen LogP contribution in [0.3, 0.4) is 0 Å². The molecule has 0 aliphatic carbocycles. The van der Waals surface area contributed by atoms with Crippen LogP contribution in [0.25, 0.3) is 0 Å². The van der Waals surface area contributed by atoms with E-state index in [2.05, 4.69) is 39.5 Å². The molecule has 1 heteroatoms. The van der Waals surface area contributed by atoms with E-state index in [9.17, 15) is 0 Å². The molecule has 0 saturated carbocycles. The van der Waals surface area contributed by atoms with Gasteiger partial charge in [-0.1, -0.05) is 34.1 Å². The number of rotatable bonds is 3. The zero-order chi connectivity index (χ0) is 10.0. The quantitative estimate of drug-likeness (QED) is 0.650. The van der Waals surface area contributed by atoms with E-state index in [4.69, 9.17) is 0 Å². The molecule has 0 aromatic carbocycles. The minimum Gasteiger partial charge on any atom is -0.300 e. The predicted octanol–water partition coefficient (Wildman–Crippen LogP) is 3.01. The van der Waals surface area contributed by atoms with E-state index in [1.165, 1.54) is 19.5 Å². The SMILES string of the molecule is CCC(C)C(C)N1CC(C)C(C)C1. The van der Waals surface area contributed by atoms with Gasteiger partial charge in [-0.2, -0.15) is 0 Å². The average molecular weight is 183 g/mol. The highest BCUT2D eigenvalue weighted by atomic mass is 15.2. The summed E-state index contributed by atoms with van der Waals surface area (Å²) in [7, 11) is 0.